The first-order chi connectivity index (χ1) is 7.65. The summed E-state index contributed by atoms with van der Waals surface area (Å²) in [7, 11) is 2.01. The minimum atomic E-state index is -0.615. The number of carboxylic acids is 1. The second-order valence-electron chi connectivity index (χ2n) is 5.42. The topological polar surface area (TPSA) is 52.6 Å². The maximum absolute atomic E-state index is 10.8. The van der Waals surface area contributed by atoms with E-state index in [-0.39, 0.29) is 5.92 Å². The maximum Gasteiger partial charge on any atom is 0.306 e. The fraction of sp³-hybridized carbons (Fsp3) is 0.917. The minimum absolute atomic E-state index is 0.101. The zero-order valence-corrected chi connectivity index (χ0v) is 10.0. The molecular weight excluding hydrogens is 204 g/mol. The molecule has 1 aliphatic carbocycles. The molecule has 2 fully saturated rings. The smallest absolute Gasteiger partial charge is 0.306 e. The van der Waals surface area contributed by atoms with Crippen molar-refractivity contribution in [3.63, 3.8) is 0 Å². The molecule has 1 saturated heterocycles. The van der Waals surface area contributed by atoms with Crippen LogP contribution in [0.5, 0.6) is 0 Å². The lowest BCUT2D eigenvalue weighted by molar-refractivity contribution is -0.143. The van der Waals surface area contributed by atoms with Gasteiger partial charge in [-0.2, -0.15) is 0 Å². The molecule has 4 heteroatoms. The van der Waals surface area contributed by atoms with Crippen molar-refractivity contribution < 1.29 is 9.90 Å². The average Bonchev–Trinajstić information content (AvgIpc) is 2.99. The van der Waals surface area contributed by atoms with Crippen LogP contribution < -0.4 is 5.32 Å². The summed E-state index contributed by atoms with van der Waals surface area (Å²) < 4.78 is 0. The number of carboxylic acid groups (broad SMARTS) is 1. The number of piperidine rings is 1. The van der Waals surface area contributed by atoms with E-state index < -0.39 is 5.97 Å². The van der Waals surface area contributed by atoms with Crippen LogP contribution in [-0.4, -0.2) is 49.2 Å². The molecule has 4 nitrogen and oxygen atoms in total. The van der Waals surface area contributed by atoms with Crippen LogP contribution in [0.25, 0.3) is 0 Å². The van der Waals surface area contributed by atoms with E-state index in [1.807, 2.05) is 7.05 Å². The third-order valence-corrected chi connectivity index (χ3v) is 4.00. The van der Waals surface area contributed by atoms with Gasteiger partial charge in [0.05, 0.1) is 5.92 Å². The highest BCUT2D eigenvalue weighted by molar-refractivity contribution is 5.70. The second-order valence-corrected chi connectivity index (χ2v) is 5.42. The van der Waals surface area contributed by atoms with Gasteiger partial charge in [0.2, 0.25) is 0 Å². The zero-order chi connectivity index (χ0) is 11.6. The molecule has 92 valence electrons. The maximum atomic E-state index is 10.8. The summed E-state index contributed by atoms with van der Waals surface area (Å²) in [5.74, 6) is -0.716. The summed E-state index contributed by atoms with van der Waals surface area (Å²) in [5.41, 5.74) is 0.505. The summed E-state index contributed by atoms with van der Waals surface area (Å²) in [6.07, 6.45) is 4.30. The van der Waals surface area contributed by atoms with E-state index in [4.69, 9.17) is 5.11 Å². The Morgan fingerprint density at radius 2 is 2.06 bits per heavy atom. The van der Waals surface area contributed by atoms with Gasteiger partial charge < -0.3 is 15.3 Å². The molecule has 1 aliphatic heterocycles. The summed E-state index contributed by atoms with van der Waals surface area (Å²) in [4.78, 5) is 13.3. The van der Waals surface area contributed by atoms with Gasteiger partial charge in [-0.25, -0.2) is 0 Å². The molecule has 0 bridgehead atoms. The van der Waals surface area contributed by atoms with Crippen LogP contribution in [0.1, 0.15) is 25.7 Å². The Morgan fingerprint density at radius 1 is 1.44 bits per heavy atom. The first kappa shape index (κ1) is 11.9. The van der Waals surface area contributed by atoms with Gasteiger partial charge in [0, 0.05) is 13.1 Å². The molecule has 1 saturated carbocycles. The number of rotatable bonds is 5. The first-order valence-corrected chi connectivity index (χ1v) is 6.25. The van der Waals surface area contributed by atoms with Crippen molar-refractivity contribution in [2.45, 2.75) is 25.7 Å². The van der Waals surface area contributed by atoms with E-state index in [0.717, 1.165) is 39.0 Å². The van der Waals surface area contributed by atoms with Crippen molar-refractivity contribution in [3.8, 4) is 0 Å². The van der Waals surface area contributed by atoms with Crippen molar-refractivity contribution in [3.05, 3.63) is 0 Å². The highest BCUT2D eigenvalue weighted by atomic mass is 16.4. The van der Waals surface area contributed by atoms with Gasteiger partial charge in [-0.05, 0) is 51.2 Å². The molecule has 1 heterocycles. The van der Waals surface area contributed by atoms with Crippen molar-refractivity contribution in [2.75, 3.05) is 33.2 Å². The molecule has 0 amide bonds. The Labute approximate surface area is 97.0 Å². The molecule has 0 radical (unpaired) electrons. The molecule has 0 atom stereocenters. The summed E-state index contributed by atoms with van der Waals surface area (Å²) >= 11 is 0. The van der Waals surface area contributed by atoms with Crippen LogP contribution in [0.2, 0.25) is 0 Å². The van der Waals surface area contributed by atoms with Gasteiger partial charge >= 0.3 is 5.97 Å². The fourth-order valence-electron chi connectivity index (χ4n) is 2.75. The number of aliphatic carboxylic acids is 1. The van der Waals surface area contributed by atoms with E-state index in [9.17, 15) is 4.79 Å². The number of hydrogen-bond donors (Lipinski definition) is 2. The Hall–Kier alpha value is -0.610. The summed E-state index contributed by atoms with van der Waals surface area (Å²) in [6.45, 7) is 4.18. The Kier molecular flexibility index (Phi) is 3.50. The van der Waals surface area contributed by atoms with Crippen molar-refractivity contribution in [2.24, 2.45) is 11.3 Å². The van der Waals surface area contributed by atoms with Crippen molar-refractivity contribution in [1.29, 1.82) is 0 Å². The quantitative estimate of drug-likeness (QED) is 0.727. The monoisotopic (exact) mass is 226 g/mol. The highest BCUT2D eigenvalue weighted by Gasteiger charge is 2.43. The normalized spacial score (nSPS) is 25.6. The lowest BCUT2D eigenvalue weighted by Gasteiger charge is -2.33. The van der Waals surface area contributed by atoms with Crippen LogP contribution in [0.15, 0.2) is 0 Å². The van der Waals surface area contributed by atoms with Crippen LogP contribution >= 0.6 is 0 Å². The third kappa shape index (κ3) is 2.74. The van der Waals surface area contributed by atoms with Crippen molar-refractivity contribution >= 4 is 5.97 Å². The molecule has 2 N–H and O–H groups in total. The second kappa shape index (κ2) is 4.72. The number of hydrogen-bond acceptors (Lipinski definition) is 3. The number of nitrogens with one attached hydrogen (secondary N) is 1. The Bertz CT molecular complexity index is 256. The molecular formula is C12H22N2O2. The molecule has 0 unspecified atom stereocenters. The van der Waals surface area contributed by atoms with Crippen LogP contribution in [0.3, 0.4) is 0 Å². The van der Waals surface area contributed by atoms with E-state index in [1.54, 1.807) is 0 Å². The van der Waals surface area contributed by atoms with E-state index in [0.29, 0.717) is 5.41 Å². The molecule has 0 spiro atoms. The van der Waals surface area contributed by atoms with Gasteiger partial charge in [0.1, 0.15) is 0 Å². The highest BCUT2D eigenvalue weighted by Crippen LogP contribution is 2.45. The van der Waals surface area contributed by atoms with Gasteiger partial charge in [-0.15, -0.1) is 0 Å². The minimum Gasteiger partial charge on any atom is -0.481 e. The molecule has 2 aliphatic rings. The first-order valence-electron chi connectivity index (χ1n) is 6.25. The van der Waals surface area contributed by atoms with Gasteiger partial charge in [0.25, 0.3) is 0 Å². The summed E-state index contributed by atoms with van der Waals surface area (Å²) in [6, 6.07) is 0. The molecule has 0 aromatic carbocycles. The van der Waals surface area contributed by atoms with Crippen LogP contribution in [-0.2, 0) is 4.79 Å². The van der Waals surface area contributed by atoms with Gasteiger partial charge in [-0.3, -0.25) is 4.79 Å². The predicted octanol–water partition coefficient (Wildman–Crippen LogP) is 0.783. The van der Waals surface area contributed by atoms with E-state index in [1.165, 1.54) is 12.8 Å². The average molecular weight is 226 g/mol. The van der Waals surface area contributed by atoms with E-state index >= 15 is 0 Å². The van der Waals surface area contributed by atoms with Gasteiger partial charge in [0.15, 0.2) is 0 Å². The Morgan fingerprint density at radius 3 is 2.50 bits per heavy atom. The SMILES string of the molecule is CNCC1(CN2CCC(C(=O)O)CC2)CC1. The molecule has 0 aromatic heterocycles. The van der Waals surface area contributed by atoms with E-state index in [2.05, 4.69) is 10.2 Å². The number of nitrogens with zero attached hydrogens (tertiary/aromatic N) is 1. The molecule has 2 rings (SSSR count). The van der Waals surface area contributed by atoms with Crippen LogP contribution in [0, 0.1) is 11.3 Å². The predicted molar refractivity (Wildman–Crippen MR) is 62.4 cm³/mol. The van der Waals surface area contributed by atoms with Gasteiger partial charge in [-0.1, -0.05) is 0 Å². The largest absolute Gasteiger partial charge is 0.481 e. The molecule has 0 aromatic rings. The molecule has 16 heavy (non-hydrogen) atoms. The number of likely N-dealkylation sites (tertiary alicyclic amines) is 1. The lowest BCUT2D eigenvalue weighted by atomic mass is 9.95. The lowest BCUT2D eigenvalue weighted by Crippen LogP contribution is -2.41. The standard InChI is InChI=1S/C12H22N2O2/c1-13-8-12(4-5-12)9-14-6-2-10(3-7-14)11(15)16/h10,13H,2-9H2,1H3,(H,15,16). The Balaban J connectivity index is 1.75. The zero-order valence-electron chi connectivity index (χ0n) is 10.0. The van der Waals surface area contributed by atoms with Crippen LogP contribution in [0.4, 0.5) is 0 Å². The summed E-state index contributed by atoms with van der Waals surface area (Å²) in [5, 5.41) is 12.2. The number of carbonyl (C=O) groups is 1. The van der Waals surface area contributed by atoms with Crippen molar-refractivity contribution in [1.82, 2.24) is 10.2 Å². The fourth-order valence-corrected chi connectivity index (χ4v) is 2.75. The third-order valence-electron chi connectivity index (χ3n) is 4.00.